The van der Waals surface area contributed by atoms with Gasteiger partial charge in [-0.3, -0.25) is 0 Å². The van der Waals surface area contributed by atoms with Crippen molar-refractivity contribution >= 4 is 11.0 Å². The number of fused-ring (bicyclic) bond motifs is 1. The van der Waals surface area contributed by atoms with Crippen molar-refractivity contribution in [3.63, 3.8) is 0 Å². The molecule has 0 aliphatic heterocycles. The standard InChI is InChI=1S/C16H23N3/c1-10(2)19-15-8-7-11(3)9-14(15)18-16(19)12-5-4-6-13(12)17/h7-10,12-13H,4-6,17H2,1-3H3. The largest absolute Gasteiger partial charge is 0.327 e. The second-order valence-corrected chi connectivity index (χ2v) is 6.13. The molecule has 1 aliphatic carbocycles. The maximum Gasteiger partial charge on any atom is 0.114 e. The van der Waals surface area contributed by atoms with Gasteiger partial charge in [0.05, 0.1) is 11.0 Å². The molecular formula is C16H23N3. The Bertz CT molecular complexity index is 597. The number of benzene rings is 1. The number of aromatic nitrogens is 2. The van der Waals surface area contributed by atoms with Crippen LogP contribution >= 0.6 is 0 Å². The van der Waals surface area contributed by atoms with E-state index in [1.54, 1.807) is 0 Å². The summed E-state index contributed by atoms with van der Waals surface area (Å²) in [5, 5.41) is 0. The number of hydrogen-bond donors (Lipinski definition) is 1. The molecule has 3 nitrogen and oxygen atoms in total. The molecule has 2 unspecified atom stereocenters. The highest BCUT2D eigenvalue weighted by Crippen LogP contribution is 2.36. The van der Waals surface area contributed by atoms with Crippen LogP contribution in [0.5, 0.6) is 0 Å². The number of hydrogen-bond acceptors (Lipinski definition) is 2. The Morgan fingerprint density at radius 2 is 2.11 bits per heavy atom. The second kappa shape index (κ2) is 4.64. The molecule has 2 atom stereocenters. The van der Waals surface area contributed by atoms with Crippen LogP contribution in [0.15, 0.2) is 18.2 Å². The third kappa shape index (κ3) is 2.06. The zero-order valence-corrected chi connectivity index (χ0v) is 12.1. The topological polar surface area (TPSA) is 43.8 Å². The van der Waals surface area contributed by atoms with E-state index in [0.717, 1.165) is 11.9 Å². The number of rotatable bonds is 2. The van der Waals surface area contributed by atoms with Crippen molar-refractivity contribution in [3.8, 4) is 0 Å². The summed E-state index contributed by atoms with van der Waals surface area (Å²) in [6.07, 6.45) is 3.54. The molecule has 1 aromatic carbocycles. The van der Waals surface area contributed by atoms with E-state index < -0.39 is 0 Å². The first-order valence-electron chi connectivity index (χ1n) is 7.32. The van der Waals surface area contributed by atoms with Gasteiger partial charge in [-0.05, 0) is 51.3 Å². The van der Waals surface area contributed by atoms with Gasteiger partial charge in [0, 0.05) is 18.0 Å². The minimum absolute atomic E-state index is 0.274. The maximum atomic E-state index is 6.28. The van der Waals surface area contributed by atoms with E-state index in [1.807, 2.05) is 0 Å². The number of aryl methyl sites for hydroxylation is 1. The minimum Gasteiger partial charge on any atom is -0.327 e. The first-order chi connectivity index (χ1) is 9.08. The molecule has 0 spiro atoms. The first kappa shape index (κ1) is 12.7. The van der Waals surface area contributed by atoms with Crippen LogP contribution in [0.3, 0.4) is 0 Å². The van der Waals surface area contributed by atoms with Gasteiger partial charge < -0.3 is 10.3 Å². The molecule has 0 saturated heterocycles. The summed E-state index contributed by atoms with van der Waals surface area (Å²) in [5.41, 5.74) is 9.90. The van der Waals surface area contributed by atoms with Crippen molar-refractivity contribution in [2.24, 2.45) is 5.73 Å². The second-order valence-electron chi connectivity index (χ2n) is 6.13. The van der Waals surface area contributed by atoms with Gasteiger partial charge in [-0.1, -0.05) is 12.5 Å². The van der Waals surface area contributed by atoms with Crippen molar-refractivity contribution in [1.82, 2.24) is 9.55 Å². The van der Waals surface area contributed by atoms with Crippen LogP contribution in [0, 0.1) is 6.92 Å². The fraction of sp³-hybridized carbons (Fsp3) is 0.562. The van der Waals surface area contributed by atoms with Crippen LogP contribution in [0.2, 0.25) is 0 Å². The first-order valence-corrected chi connectivity index (χ1v) is 7.32. The van der Waals surface area contributed by atoms with Crippen LogP contribution in [0.1, 0.15) is 56.5 Å². The summed E-state index contributed by atoms with van der Waals surface area (Å²) < 4.78 is 2.38. The van der Waals surface area contributed by atoms with Gasteiger partial charge in [0.25, 0.3) is 0 Å². The third-order valence-electron chi connectivity index (χ3n) is 4.29. The van der Waals surface area contributed by atoms with Crippen LogP contribution in [-0.4, -0.2) is 15.6 Å². The molecule has 1 aromatic heterocycles. The van der Waals surface area contributed by atoms with Crippen molar-refractivity contribution in [1.29, 1.82) is 0 Å². The average molecular weight is 257 g/mol. The van der Waals surface area contributed by atoms with Gasteiger partial charge in [0.2, 0.25) is 0 Å². The van der Waals surface area contributed by atoms with Crippen LogP contribution in [-0.2, 0) is 0 Å². The Labute approximate surface area is 114 Å². The molecule has 19 heavy (non-hydrogen) atoms. The van der Waals surface area contributed by atoms with Gasteiger partial charge in [-0.25, -0.2) is 4.98 Å². The van der Waals surface area contributed by atoms with Gasteiger partial charge >= 0.3 is 0 Å². The molecule has 2 N–H and O–H groups in total. The van der Waals surface area contributed by atoms with Gasteiger partial charge in [-0.15, -0.1) is 0 Å². The highest BCUT2D eigenvalue weighted by Gasteiger charge is 2.30. The maximum absolute atomic E-state index is 6.28. The zero-order chi connectivity index (χ0) is 13.6. The molecule has 1 saturated carbocycles. The monoisotopic (exact) mass is 257 g/mol. The summed E-state index contributed by atoms with van der Waals surface area (Å²) in [6.45, 7) is 6.57. The number of nitrogens with two attached hydrogens (primary N) is 1. The molecular weight excluding hydrogens is 234 g/mol. The predicted octanol–water partition coefficient (Wildman–Crippen LogP) is 3.52. The highest BCUT2D eigenvalue weighted by atomic mass is 15.1. The Hall–Kier alpha value is -1.35. The Kier molecular flexibility index (Phi) is 3.09. The summed E-state index contributed by atoms with van der Waals surface area (Å²) >= 11 is 0. The number of imidazole rings is 1. The molecule has 1 fully saturated rings. The SMILES string of the molecule is Cc1ccc2c(c1)nc(C1CCCC1N)n2C(C)C. The van der Waals surface area contributed by atoms with Crippen LogP contribution in [0.4, 0.5) is 0 Å². The molecule has 102 valence electrons. The van der Waals surface area contributed by atoms with E-state index in [0.29, 0.717) is 12.0 Å². The molecule has 3 rings (SSSR count). The lowest BCUT2D eigenvalue weighted by Crippen LogP contribution is -2.25. The quantitative estimate of drug-likeness (QED) is 0.894. The van der Waals surface area contributed by atoms with E-state index >= 15 is 0 Å². The Morgan fingerprint density at radius 1 is 1.32 bits per heavy atom. The molecule has 1 heterocycles. The molecule has 2 aromatic rings. The van der Waals surface area contributed by atoms with Crippen molar-refractivity contribution in [2.75, 3.05) is 0 Å². The zero-order valence-electron chi connectivity index (χ0n) is 12.1. The highest BCUT2D eigenvalue weighted by molar-refractivity contribution is 5.77. The van der Waals surface area contributed by atoms with Crippen LogP contribution < -0.4 is 5.73 Å². The third-order valence-corrected chi connectivity index (χ3v) is 4.29. The fourth-order valence-electron chi connectivity index (χ4n) is 3.34. The lowest BCUT2D eigenvalue weighted by Gasteiger charge is -2.19. The van der Waals surface area contributed by atoms with Crippen molar-refractivity contribution in [2.45, 2.75) is 58.0 Å². The molecule has 1 aliphatic rings. The summed E-state index contributed by atoms with van der Waals surface area (Å²) in [4.78, 5) is 4.91. The van der Waals surface area contributed by atoms with E-state index in [9.17, 15) is 0 Å². The summed E-state index contributed by atoms with van der Waals surface area (Å²) in [5.74, 6) is 1.62. The molecule has 0 bridgehead atoms. The molecule has 3 heteroatoms. The summed E-state index contributed by atoms with van der Waals surface area (Å²) in [7, 11) is 0. The minimum atomic E-state index is 0.274. The smallest absolute Gasteiger partial charge is 0.114 e. The van der Waals surface area contributed by atoms with E-state index in [4.69, 9.17) is 10.7 Å². The van der Waals surface area contributed by atoms with E-state index in [2.05, 4.69) is 43.5 Å². The lowest BCUT2D eigenvalue weighted by atomic mass is 10.0. The Balaban J connectivity index is 2.19. The van der Waals surface area contributed by atoms with Gasteiger partial charge in [0.15, 0.2) is 0 Å². The van der Waals surface area contributed by atoms with Gasteiger partial charge in [-0.2, -0.15) is 0 Å². The lowest BCUT2D eigenvalue weighted by molar-refractivity contribution is 0.510. The average Bonchev–Trinajstić information content (AvgIpc) is 2.91. The predicted molar refractivity (Wildman–Crippen MR) is 79.4 cm³/mol. The van der Waals surface area contributed by atoms with E-state index in [1.165, 1.54) is 29.7 Å². The number of nitrogens with zero attached hydrogens (tertiary/aromatic N) is 2. The Morgan fingerprint density at radius 3 is 2.74 bits per heavy atom. The van der Waals surface area contributed by atoms with Crippen molar-refractivity contribution in [3.05, 3.63) is 29.6 Å². The van der Waals surface area contributed by atoms with Crippen LogP contribution in [0.25, 0.3) is 11.0 Å². The molecule has 0 radical (unpaired) electrons. The fourth-order valence-corrected chi connectivity index (χ4v) is 3.34. The van der Waals surface area contributed by atoms with Crippen molar-refractivity contribution < 1.29 is 0 Å². The van der Waals surface area contributed by atoms with Gasteiger partial charge in [0.1, 0.15) is 5.82 Å². The normalized spacial score (nSPS) is 23.6. The summed E-state index contributed by atoms with van der Waals surface area (Å²) in [6, 6.07) is 7.24. The van der Waals surface area contributed by atoms with E-state index in [-0.39, 0.29) is 6.04 Å². The molecule has 0 amide bonds.